The van der Waals surface area contributed by atoms with Crippen LogP contribution < -0.4 is 0 Å². The Balaban J connectivity index is 3.50. The molecule has 0 rings (SSSR count). The number of aliphatic hydroxyl groups is 1. The van der Waals surface area contributed by atoms with Crippen molar-refractivity contribution in [2.45, 2.75) is 19.4 Å². The van der Waals surface area contributed by atoms with Crippen molar-refractivity contribution in [3.63, 3.8) is 0 Å². The predicted molar refractivity (Wildman–Crippen MR) is 43.5 cm³/mol. The number of rotatable bonds is 3. The first-order chi connectivity index (χ1) is 4.16. The maximum atomic E-state index is 9.04. The highest BCUT2D eigenvalue weighted by atomic mass is 79.9. The van der Waals surface area contributed by atoms with E-state index in [-0.39, 0.29) is 6.10 Å². The lowest BCUT2D eigenvalue weighted by atomic mass is 10.2. The summed E-state index contributed by atoms with van der Waals surface area (Å²) in [4.78, 5) is 0. The summed E-state index contributed by atoms with van der Waals surface area (Å²) in [5.74, 6) is 0. The normalized spacial score (nSPS) is 14.1. The average molecular weight is 191 g/mol. The summed E-state index contributed by atoms with van der Waals surface area (Å²) >= 11 is 3.16. The Hall–Kier alpha value is -0.0800. The highest BCUT2D eigenvalue weighted by molar-refractivity contribution is 9.11. The lowest BCUT2D eigenvalue weighted by Gasteiger charge is -2.00. The molecule has 0 heterocycles. The molecule has 0 saturated heterocycles. The van der Waals surface area contributed by atoms with Gasteiger partial charge in [-0.3, -0.25) is 0 Å². The van der Waals surface area contributed by atoms with E-state index in [0.29, 0.717) is 6.42 Å². The van der Waals surface area contributed by atoms with E-state index in [0.717, 1.165) is 4.48 Å². The molecule has 0 aliphatic rings. The quantitative estimate of drug-likeness (QED) is 0.678. The standard InChI is InChI=1S/C7H11BrO/c1-3-4-7(9)5-6(2)8/h3-4,7,9H,2,5H2,1H3/b4-3+. The molecular formula is C7H11BrO. The van der Waals surface area contributed by atoms with Crippen LogP contribution in [0, 0.1) is 0 Å². The third kappa shape index (κ3) is 5.80. The molecule has 0 spiro atoms. The van der Waals surface area contributed by atoms with Crippen molar-refractivity contribution in [1.82, 2.24) is 0 Å². The second-order valence-electron chi connectivity index (χ2n) is 1.81. The van der Waals surface area contributed by atoms with E-state index >= 15 is 0 Å². The fourth-order valence-corrected chi connectivity index (χ4v) is 0.849. The second kappa shape index (κ2) is 4.77. The van der Waals surface area contributed by atoms with E-state index in [9.17, 15) is 0 Å². The van der Waals surface area contributed by atoms with Gasteiger partial charge in [0.25, 0.3) is 0 Å². The highest BCUT2D eigenvalue weighted by Gasteiger charge is 1.97. The highest BCUT2D eigenvalue weighted by Crippen LogP contribution is 2.09. The minimum Gasteiger partial charge on any atom is -0.389 e. The summed E-state index contributed by atoms with van der Waals surface area (Å²) < 4.78 is 0.827. The van der Waals surface area contributed by atoms with Crippen LogP contribution in [0.25, 0.3) is 0 Å². The molecule has 9 heavy (non-hydrogen) atoms. The van der Waals surface area contributed by atoms with Crippen molar-refractivity contribution < 1.29 is 5.11 Å². The van der Waals surface area contributed by atoms with Crippen LogP contribution in [0.3, 0.4) is 0 Å². The minimum atomic E-state index is -0.387. The van der Waals surface area contributed by atoms with Gasteiger partial charge < -0.3 is 5.11 Å². The molecule has 0 aliphatic heterocycles. The summed E-state index contributed by atoms with van der Waals surface area (Å²) in [5.41, 5.74) is 0. The van der Waals surface area contributed by atoms with Gasteiger partial charge in [-0.1, -0.05) is 34.7 Å². The summed E-state index contributed by atoms with van der Waals surface area (Å²) in [6.07, 6.45) is 3.75. The first-order valence-corrected chi connectivity index (χ1v) is 3.60. The Bertz CT molecular complexity index is 118. The van der Waals surface area contributed by atoms with Crippen LogP contribution in [0.5, 0.6) is 0 Å². The summed E-state index contributed by atoms with van der Waals surface area (Å²) in [7, 11) is 0. The van der Waals surface area contributed by atoms with Crippen molar-refractivity contribution in [3.05, 3.63) is 23.2 Å². The first-order valence-electron chi connectivity index (χ1n) is 2.81. The fourth-order valence-electron chi connectivity index (χ4n) is 0.517. The molecule has 0 aromatic rings. The van der Waals surface area contributed by atoms with Crippen LogP contribution in [0.15, 0.2) is 23.2 Å². The van der Waals surface area contributed by atoms with Crippen molar-refractivity contribution in [1.29, 1.82) is 0 Å². The predicted octanol–water partition coefficient (Wildman–Crippen LogP) is 2.22. The molecule has 0 bridgehead atoms. The number of aliphatic hydroxyl groups excluding tert-OH is 1. The van der Waals surface area contributed by atoms with Crippen LogP contribution in [0.4, 0.5) is 0 Å². The van der Waals surface area contributed by atoms with E-state index < -0.39 is 0 Å². The fraction of sp³-hybridized carbons (Fsp3) is 0.429. The van der Waals surface area contributed by atoms with E-state index in [1.165, 1.54) is 0 Å². The molecule has 0 aliphatic carbocycles. The molecule has 0 amide bonds. The zero-order valence-corrected chi connectivity index (χ0v) is 7.06. The minimum absolute atomic E-state index is 0.387. The van der Waals surface area contributed by atoms with Gasteiger partial charge in [0.05, 0.1) is 6.10 Å². The monoisotopic (exact) mass is 190 g/mol. The average Bonchev–Trinajstić information content (AvgIpc) is 1.63. The van der Waals surface area contributed by atoms with Crippen LogP contribution in [-0.2, 0) is 0 Å². The van der Waals surface area contributed by atoms with Gasteiger partial charge in [0.1, 0.15) is 0 Å². The molecule has 2 heteroatoms. The molecular weight excluding hydrogens is 180 g/mol. The molecule has 0 radical (unpaired) electrons. The van der Waals surface area contributed by atoms with Gasteiger partial charge in [-0.2, -0.15) is 0 Å². The molecule has 1 unspecified atom stereocenters. The van der Waals surface area contributed by atoms with Gasteiger partial charge in [-0.15, -0.1) is 0 Å². The molecule has 52 valence electrons. The Morgan fingerprint density at radius 3 is 2.78 bits per heavy atom. The van der Waals surface area contributed by atoms with E-state index in [1.807, 2.05) is 13.0 Å². The molecule has 1 nitrogen and oxygen atoms in total. The maximum Gasteiger partial charge on any atom is 0.0766 e. The lowest BCUT2D eigenvalue weighted by Crippen LogP contribution is -1.99. The number of hydrogen-bond acceptors (Lipinski definition) is 1. The topological polar surface area (TPSA) is 20.2 Å². The molecule has 0 fully saturated rings. The zero-order chi connectivity index (χ0) is 7.28. The Morgan fingerprint density at radius 2 is 2.44 bits per heavy atom. The molecule has 0 aromatic carbocycles. The van der Waals surface area contributed by atoms with E-state index in [4.69, 9.17) is 5.11 Å². The first kappa shape index (κ1) is 8.92. The van der Waals surface area contributed by atoms with Crippen molar-refractivity contribution >= 4 is 15.9 Å². The molecule has 1 atom stereocenters. The third-order valence-corrected chi connectivity index (χ3v) is 1.17. The van der Waals surface area contributed by atoms with Gasteiger partial charge in [-0.05, 0) is 11.4 Å². The van der Waals surface area contributed by atoms with Crippen molar-refractivity contribution in [2.75, 3.05) is 0 Å². The number of halogens is 1. The molecule has 0 saturated carbocycles. The van der Waals surface area contributed by atoms with Crippen LogP contribution >= 0.6 is 15.9 Å². The van der Waals surface area contributed by atoms with E-state index in [1.54, 1.807) is 6.08 Å². The summed E-state index contributed by atoms with van der Waals surface area (Å²) in [5, 5.41) is 9.04. The Labute approximate surface area is 64.2 Å². The van der Waals surface area contributed by atoms with E-state index in [2.05, 4.69) is 22.5 Å². The molecule has 1 N–H and O–H groups in total. The lowest BCUT2D eigenvalue weighted by molar-refractivity contribution is 0.226. The van der Waals surface area contributed by atoms with Crippen LogP contribution in [-0.4, -0.2) is 11.2 Å². The second-order valence-corrected chi connectivity index (χ2v) is 2.94. The third-order valence-electron chi connectivity index (χ3n) is 0.845. The number of allylic oxidation sites excluding steroid dienone is 1. The smallest absolute Gasteiger partial charge is 0.0766 e. The maximum absolute atomic E-state index is 9.04. The van der Waals surface area contributed by atoms with Gasteiger partial charge in [0.15, 0.2) is 0 Å². The van der Waals surface area contributed by atoms with Crippen molar-refractivity contribution in [3.8, 4) is 0 Å². The summed E-state index contributed by atoms with van der Waals surface area (Å²) in [6, 6.07) is 0. The van der Waals surface area contributed by atoms with Gasteiger partial charge >= 0.3 is 0 Å². The summed E-state index contributed by atoms with van der Waals surface area (Å²) in [6.45, 7) is 5.48. The van der Waals surface area contributed by atoms with Gasteiger partial charge in [-0.25, -0.2) is 0 Å². The van der Waals surface area contributed by atoms with Gasteiger partial charge in [0.2, 0.25) is 0 Å². The molecule has 0 aromatic heterocycles. The van der Waals surface area contributed by atoms with Crippen LogP contribution in [0.1, 0.15) is 13.3 Å². The van der Waals surface area contributed by atoms with Gasteiger partial charge in [0, 0.05) is 6.42 Å². The zero-order valence-electron chi connectivity index (χ0n) is 5.47. The Kier molecular flexibility index (Phi) is 4.72. The van der Waals surface area contributed by atoms with Crippen molar-refractivity contribution in [2.24, 2.45) is 0 Å². The van der Waals surface area contributed by atoms with Crippen LogP contribution in [0.2, 0.25) is 0 Å². The Morgan fingerprint density at radius 1 is 1.89 bits per heavy atom. The largest absolute Gasteiger partial charge is 0.389 e. The SMILES string of the molecule is C=C(Br)CC(O)/C=C/C. The number of hydrogen-bond donors (Lipinski definition) is 1.